The molecule has 0 spiro atoms. The Bertz CT molecular complexity index is 1010. The number of benzene rings is 3. The van der Waals surface area contributed by atoms with Gasteiger partial charge < -0.3 is 18.9 Å². The van der Waals surface area contributed by atoms with E-state index in [-0.39, 0.29) is 0 Å². The average molecular weight is 420 g/mol. The lowest BCUT2D eigenvalue weighted by Crippen LogP contribution is -2.18. The van der Waals surface area contributed by atoms with Crippen molar-refractivity contribution < 1.29 is 23.7 Å². The fourth-order valence-electron chi connectivity index (χ4n) is 2.83. The van der Waals surface area contributed by atoms with E-state index >= 15 is 0 Å². The number of nitrogens with one attached hydrogen (secondary N) is 1. The molecule has 0 radical (unpaired) electrons. The Morgan fingerprint density at radius 3 is 2.13 bits per heavy atom. The second kappa shape index (κ2) is 10.7. The molecule has 0 aromatic heterocycles. The van der Waals surface area contributed by atoms with Crippen LogP contribution in [-0.4, -0.2) is 33.5 Å². The Labute approximate surface area is 181 Å². The lowest BCUT2D eigenvalue weighted by molar-refractivity contribution is 0.0954. The van der Waals surface area contributed by atoms with Crippen molar-refractivity contribution in [2.24, 2.45) is 5.10 Å². The van der Waals surface area contributed by atoms with Crippen LogP contribution in [0.3, 0.4) is 0 Å². The fourth-order valence-corrected chi connectivity index (χ4v) is 2.83. The molecule has 3 aromatic carbocycles. The van der Waals surface area contributed by atoms with Crippen molar-refractivity contribution in [3.05, 3.63) is 83.4 Å². The van der Waals surface area contributed by atoms with Gasteiger partial charge >= 0.3 is 0 Å². The monoisotopic (exact) mass is 420 g/mol. The standard InChI is InChI=1S/C24H24N2O5/c1-28-21-13-19(14-22(29-2)23(21)30-3)24(27)26-25-15-17-9-11-20(12-10-17)31-16-18-7-5-4-6-8-18/h4-15H,16H2,1-3H3,(H,26,27)/b25-15+. The van der Waals surface area contributed by atoms with Crippen molar-refractivity contribution in [3.8, 4) is 23.0 Å². The van der Waals surface area contributed by atoms with Crippen LogP contribution in [0.2, 0.25) is 0 Å². The molecule has 0 bridgehead atoms. The van der Waals surface area contributed by atoms with Gasteiger partial charge in [-0.3, -0.25) is 4.79 Å². The first-order chi connectivity index (χ1) is 15.1. The predicted octanol–water partition coefficient (Wildman–Crippen LogP) is 4.06. The molecule has 0 saturated carbocycles. The van der Waals surface area contributed by atoms with E-state index in [1.54, 1.807) is 18.3 Å². The maximum absolute atomic E-state index is 12.4. The minimum atomic E-state index is -0.404. The van der Waals surface area contributed by atoms with Gasteiger partial charge in [-0.25, -0.2) is 5.43 Å². The molecule has 7 heteroatoms. The summed E-state index contributed by atoms with van der Waals surface area (Å²) < 4.78 is 21.6. The number of amides is 1. The topological polar surface area (TPSA) is 78.4 Å². The Hall–Kier alpha value is -4.00. The van der Waals surface area contributed by atoms with Gasteiger partial charge in [0.25, 0.3) is 5.91 Å². The molecule has 1 amide bonds. The highest BCUT2D eigenvalue weighted by Crippen LogP contribution is 2.38. The maximum Gasteiger partial charge on any atom is 0.271 e. The second-order valence-electron chi connectivity index (χ2n) is 6.46. The van der Waals surface area contributed by atoms with Crippen LogP contribution in [0.25, 0.3) is 0 Å². The van der Waals surface area contributed by atoms with Crippen LogP contribution in [0.1, 0.15) is 21.5 Å². The summed E-state index contributed by atoms with van der Waals surface area (Å²) in [5.41, 5.74) is 4.74. The third kappa shape index (κ3) is 5.76. The van der Waals surface area contributed by atoms with Crippen LogP contribution < -0.4 is 24.4 Å². The average Bonchev–Trinajstić information content (AvgIpc) is 2.83. The predicted molar refractivity (Wildman–Crippen MR) is 118 cm³/mol. The number of carbonyl (C=O) groups is 1. The smallest absolute Gasteiger partial charge is 0.271 e. The molecule has 3 rings (SSSR count). The first kappa shape index (κ1) is 21.7. The highest BCUT2D eigenvalue weighted by atomic mass is 16.5. The summed E-state index contributed by atoms with van der Waals surface area (Å²) in [5, 5.41) is 4.02. The molecule has 0 saturated heterocycles. The quantitative estimate of drug-likeness (QED) is 0.417. The first-order valence-corrected chi connectivity index (χ1v) is 9.54. The molecule has 0 atom stereocenters. The van der Waals surface area contributed by atoms with Crippen molar-refractivity contribution in [2.75, 3.05) is 21.3 Å². The van der Waals surface area contributed by atoms with Crippen LogP contribution >= 0.6 is 0 Å². The molecule has 0 unspecified atom stereocenters. The highest BCUT2D eigenvalue weighted by Gasteiger charge is 2.16. The minimum Gasteiger partial charge on any atom is -0.493 e. The summed E-state index contributed by atoms with van der Waals surface area (Å²) in [5.74, 6) is 1.55. The van der Waals surface area contributed by atoms with Gasteiger partial charge in [-0.15, -0.1) is 0 Å². The molecule has 7 nitrogen and oxygen atoms in total. The molecule has 0 fully saturated rings. The largest absolute Gasteiger partial charge is 0.493 e. The zero-order valence-corrected chi connectivity index (χ0v) is 17.6. The molecular weight excluding hydrogens is 396 g/mol. The van der Waals surface area contributed by atoms with Crippen LogP contribution in [0.15, 0.2) is 71.8 Å². The molecule has 160 valence electrons. The summed E-state index contributed by atoms with van der Waals surface area (Å²) in [7, 11) is 4.48. The van der Waals surface area contributed by atoms with Gasteiger partial charge in [-0.2, -0.15) is 5.10 Å². The van der Waals surface area contributed by atoms with Crippen molar-refractivity contribution in [3.63, 3.8) is 0 Å². The Balaban J connectivity index is 1.59. The molecule has 0 heterocycles. The van der Waals surface area contributed by atoms with E-state index in [1.165, 1.54) is 21.3 Å². The van der Waals surface area contributed by atoms with Crippen LogP contribution in [0.4, 0.5) is 0 Å². The zero-order valence-electron chi connectivity index (χ0n) is 17.6. The molecule has 3 aromatic rings. The van der Waals surface area contributed by atoms with Crippen molar-refractivity contribution >= 4 is 12.1 Å². The lowest BCUT2D eigenvalue weighted by atomic mass is 10.1. The number of hydrogen-bond acceptors (Lipinski definition) is 6. The number of hydrazone groups is 1. The summed E-state index contributed by atoms with van der Waals surface area (Å²) in [4.78, 5) is 12.4. The third-order valence-corrected chi connectivity index (χ3v) is 4.44. The fraction of sp³-hybridized carbons (Fsp3) is 0.167. The van der Waals surface area contributed by atoms with E-state index in [2.05, 4.69) is 10.5 Å². The van der Waals surface area contributed by atoms with E-state index < -0.39 is 5.91 Å². The first-order valence-electron chi connectivity index (χ1n) is 9.54. The minimum absolute atomic E-state index is 0.330. The number of methoxy groups -OCH3 is 3. The molecular formula is C24H24N2O5. The molecule has 1 N–H and O–H groups in total. The zero-order chi connectivity index (χ0) is 22.1. The summed E-state index contributed by atoms with van der Waals surface area (Å²) >= 11 is 0. The van der Waals surface area contributed by atoms with Crippen molar-refractivity contribution in [1.82, 2.24) is 5.43 Å². The third-order valence-electron chi connectivity index (χ3n) is 4.44. The van der Waals surface area contributed by atoms with E-state index in [0.29, 0.717) is 29.4 Å². The van der Waals surface area contributed by atoms with E-state index in [1.807, 2.05) is 54.6 Å². The number of rotatable bonds is 9. The lowest BCUT2D eigenvalue weighted by Gasteiger charge is -2.13. The Morgan fingerprint density at radius 2 is 1.55 bits per heavy atom. The number of ether oxygens (including phenoxy) is 4. The second-order valence-corrected chi connectivity index (χ2v) is 6.46. The molecule has 31 heavy (non-hydrogen) atoms. The van der Waals surface area contributed by atoms with Gasteiger partial charge in [0.1, 0.15) is 12.4 Å². The summed E-state index contributed by atoms with van der Waals surface area (Å²) in [6, 6.07) is 20.5. The summed E-state index contributed by atoms with van der Waals surface area (Å²) in [6.07, 6.45) is 1.55. The van der Waals surface area contributed by atoms with E-state index in [9.17, 15) is 4.79 Å². The molecule has 0 aliphatic rings. The van der Waals surface area contributed by atoms with Gasteiger partial charge in [0.05, 0.1) is 27.5 Å². The SMILES string of the molecule is COc1cc(C(=O)N/N=C/c2ccc(OCc3ccccc3)cc2)cc(OC)c1OC. The highest BCUT2D eigenvalue weighted by molar-refractivity contribution is 5.96. The van der Waals surface area contributed by atoms with Gasteiger partial charge in [0.15, 0.2) is 11.5 Å². The van der Waals surface area contributed by atoms with Gasteiger partial charge in [0.2, 0.25) is 5.75 Å². The van der Waals surface area contributed by atoms with Crippen molar-refractivity contribution in [2.45, 2.75) is 6.61 Å². The van der Waals surface area contributed by atoms with E-state index in [0.717, 1.165) is 16.9 Å². The normalized spacial score (nSPS) is 10.5. The number of hydrogen-bond donors (Lipinski definition) is 1. The summed E-state index contributed by atoms with van der Waals surface area (Å²) in [6.45, 7) is 0.499. The Morgan fingerprint density at radius 1 is 0.903 bits per heavy atom. The maximum atomic E-state index is 12.4. The van der Waals surface area contributed by atoms with Crippen molar-refractivity contribution in [1.29, 1.82) is 0 Å². The van der Waals surface area contributed by atoms with Gasteiger partial charge in [0, 0.05) is 5.56 Å². The van der Waals surface area contributed by atoms with Crippen LogP contribution in [-0.2, 0) is 6.61 Å². The number of nitrogens with zero attached hydrogens (tertiary/aromatic N) is 1. The molecule has 0 aliphatic heterocycles. The van der Waals surface area contributed by atoms with Gasteiger partial charge in [-0.05, 0) is 47.5 Å². The molecule has 0 aliphatic carbocycles. The van der Waals surface area contributed by atoms with Crippen LogP contribution in [0.5, 0.6) is 23.0 Å². The van der Waals surface area contributed by atoms with Gasteiger partial charge in [-0.1, -0.05) is 30.3 Å². The Kier molecular flexibility index (Phi) is 7.48. The number of carbonyl (C=O) groups excluding carboxylic acids is 1. The van der Waals surface area contributed by atoms with E-state index in [4.69, 9.17) is 18.9 Å². The van der Waals surface area contributed by atoms with Crippen LogP contribution in [0, 0.1) is 0 Å².